The van der Waals surface area contributed by atoms with E-state index in [2.05, 4.69) is 36.1 Å². The van der Waals surface area contributed by atoms with Gasteiger partial charge in [0.05, 0.1) is 31.7 Å². The molecule has 4 aromatic rings. The van der Waals surface area contributed by atoms with Crippen molar-refractivity contribution >= 4 is 64.9 Å². The van der Waals surface area contributed by atoms with Crippen LogP contribution in [0.1, 0.15) is 124 Å². The molecule has 0 radical (unpaired) electrons. The number of aliphatic hydroxyl groups excluding tert-OH is 1. The number of alkyl halides is 1. The van der Waals surface area contributed by atoms with E-state index in [-0.39, 0.29) is 105 Å². The summed E-state index contributed by atoms with van der Waals surface area (Å²) in [5.41, 5.74) is 3.27. The molecule has 0 spiro atoms. The van der Waals surface area contributed by atoms with E-state index < -0.39 is 125 Å². The van der Waals surface area contributed by atoms with Crippen LogP contribution in [0, 0.1) is 17.8 Å². The van der Waals surface area contributed by atoms with Crippen molar-refractivity contribution in [1.82, 2.24) is 55.7 Å². The first-order valence-electron chi connectivity index (χ1n) is 36.7. The molecule has 0 aliphatic carbocycles. The van der Waals surface area contributed by atoms with Crippen LogP contribution in [-0.4, -0.2) is 256 Å². The fourth-order valence-corrected chi connectivity index (χ4v) is 14.0. The van der Waals surface area contributed by atoms with Gasteiger partial charge in [-0.3, -0.25) is 48.1 Å². The van der Waals surface area contributed by atoms with E-state index in [0.29, 0.717) is 69.8 Å². The fourth-order valence-electron chi connectivity index (χ4n) is 14.0. The second kappa shape index (κ2) is 40.3. The molecule has 8 heterocycles. The largest absolute Gasteiger partial charge is 0.505 e. The van der Waals surface area contributed by atoms with Crippen LogP contribution in [0.5, 0.6) is 5.75 Å². The summed E-state index contributed by atoms with van der Waals surface area (Å²) in [6.07, 6.45) is 9.34. The lowest BCUT2D eigenvalue weighted by Crippen LogP contribution is -2.61. The molecular weight excluding hydrogens is 1410 g/mol. The van der Waals surface area contributed by atoms with Gasteiger partial charge in [0.25, 0.3) is 11.8 Å². The SMILES string of the molecule is CC1=C\[C@@H](O)C[C@@H](F)Cc2nc(co2)C(=O)N2CC[C@@H](C2)C(=O)O[C@H](C(C)C)[C@H](C)/C=C/C(=O)NC\C=C\1.CC[C@H]1NC(=O)[C@@H](NC(=O)c2ncccc2O)[C@@H](C)OC(=O)[C@H](c2ccccc2)NC(=O)[C@@H]2CC=C(CN3CCOCC3)CN2C(=O)[C@H](Cc2ccc(N(C)C)cc2)N(C)C(=O)[C@@H]2CCCN2C1=O.O.O. The molecule has 31 heteroatoms. The van der Waals surface area contributed by atoms with E-state index in [1.54, 1.807) is 69.5 Å². The van der Waals surface area contributed by atoms with Crippen LogP contribution in [-0.2, 0) is 65.4 Å². The van der Waals surface area contributed by atoms with Gasteiger partial charge in [-0.25, -0.2) is 19.2 Å². The first-order valence-corrected chi connectivity index (χ1v) is 36.7. The number of likely N-dealkylation sites (N-methyl/N-ethyl adjacent to an activating group) is 1. The summed E-state index contributed by atoms with van der Waals surface area (Å²) in [4.78, 5) is 159. The number of nitrogens with zero attached hydrogens (tertiary/aromatic N) is 8. The number of halogens is 1. The Hall–Kier alpha value is -10.2. The van der Waals surface area contributed by atoms with Crippen molar-refractivity contribution in [1.29, 1.82) is 0 Å². The number of carbonyl (C=O) groups excluding carboxylic acids is 10. The van der Waals surface area contributed by atoms with Crippen LogP contribution >= 0.6 is 0 Å². The second-order valence-electron chi connectivity index (χ2n) is 28.6. The average molecular weight is 1520 g/mol. The Balaban J connectivity index is 0.000000351. The van der Waals surface area contributed by atoms with E-state index in [1.807, 2.05) is 70.1 Å². The number of aliphatic hydroxyl groups is 1. The third kappa shape index (κ3) is 22.9. The number of oxazole rings is 1. The molecule has 4 saturated heterocycles. The van der Waals surface area contributed by atoms with Gasteiger partial charge in [-0.2, -0.15) is 0 Å². The quantitative estimate of drug-likeness (QED) is 0.0981. The second-order valence-corrected chi connectivity index (χ2v) is 28.6. The van der Waals surface area contributed by atoms with Gasteiger partial charge in [0.2, 0.25) is 35.4 Å². The van der Waals surface area contributed by atoms with E-state index in [4.69, 9.17) is 18.6 Å². The Morgan fingerprint density at radius 3 is 2.25 bits per heavy atom. The highest BCUT2D eigenvalue weighted by Gasteiger charge is 2.46. The van der Waals surface area contributed by atoms with E-state index in [9.17, 15) is 57.8 Å². The van der Waals surface area contributed by atoms with Crippen molar-refractivity contribution in [2.45, 2.75) is 154 Å². The number of aromatic nitrogens is 2. The van der Waals surface area contributed by atoms with Crippen LogP contribution < -0.4 is 26.2 Å². The third-order valence-electron chi connectivity index (χ3n) is 20.0. The molecule has 592 valence electrons. The van der Waals surface area contributed by atoms with E-state index in [0.717, 1.165) is 16.8 Å². The molecule has 10 N–H and O–H groups in total. The molecule has 10 rings (SSSR count). The van der Waals surface area contributed by atoms with Crippen molar-refractivity contribution in [2.24, 2.45) is 17.8 Å². The zero-order valence-electron chi connectivity index (χ0n) is 63.3. The predicted molar refractivity (Wildman–Crippen MR) is 399 cm³/mol. The van der Waals surface area contributed by atoms with Gasteiger partial charge in [0, 0.05) is 104 Å². The summed E-state index contributed by atoms with van der Waals surface area (Å²) in [7, 11) is 5.38. The topological polar surface area (TPSA) is 408 Å². The molecule has 2 aromatic carbocycles. The lowest BCUT2D eigenvalue weighted by molar-refractivity contribution is -0.158. The number of morpholine rings is 1. The maximum atomic E-state index is 15.5. The molecule has 2 aromatic heterocycles. The number of hydrogen-bond donors (Lipinski definition) is 6. The minimum Gasteiger partial charge on any atom is -0.505 e. The first-order chi connectivity index (χ1) is 51.2. The number of nitrogens with one attached hydrogen (secondary N) is 4. The Labute approximate surface area is 634 Å². The van der Waals surface area contributed by atoms with E-state index in [1.165, 1.54) is 63.3 Å². The fraction of sp³-hybridized carbons (Fsp3) is 0.513. The third-order valence-corrected chi connectivity index (χ3v) is 20.0. The van der Waals surface area contributed by atoms with Crippen molar-refractivity contribution in [3.8, 4) is 5.75 Å². The number of amides is 8. The Morgan fingerprint density at radius 1 is 0.835 bits per heavy atom. The lowest BCUT2D eigenvalue weighted by atomic mass is 9.94. The highest BCUT2D eigenvalue weighted by molar-refractivity contribution is 6.01. The van der Waals surface area contributed by atoms with Gasteiger partial charge in [-0.05, 0) is 98.9 Å². The minimum absolute atomic E-state index is 0. The number of allylic oxidation sites excluding steroid dienone is 2. The van der Waals surface area contributed by atoms with Crippen LogP contribution in [0.2, 0.25) is 0 Å². The van der Waals surface area contributed by atoms with Gasteiger partial charge >= 0.3 is 11.9 Å². The number of ether oxygens (including phenoxy) is 3. The monoisotopic (exact) mass is 1520 g/mol. The summed E-state index contributed by atoms with van der Waals surface area (Å²) in [5.74, 6) is -7.20. The molecular formula is C78H105FN12O18. The summed E-state index contributed by atoms with van der Waals surface area (Å²) >= 11 is 0. The van der Waals surface area contributed by atoms with Gasteiger partial charge in [0.1, 0.15) is 60.6 Å². The van der Waals surface area contributed by atoms with Crippen LogP contribution in [0.3, 0.4) is 0 Å². The highest BCUT2D eigenvalue weighted by Crippen LogP contribution is 2.30. The summed E-state index contributed by atoms with van der Waals surface area (Å²) in [6.45, 7) is 14.7. The Kier molecular flexibility index (Phi) is 31.8. The van der Waals surface area contributed by atoms with Crippen LogP contribution in [0.25, 0.3) is 0 Å². The minimum atomic E-state index is -1.66. The molecule has 6 aliphatic heterocycles. The van der Waals surface area contributed by atoms with Gasteiger partial charge < -0.3 is 85.6 Å². The van der Waals surface area contributed by atoms with E-state index >= 15 is 4.79 Å². The molecule has 6 aliphatic rings. The molecule has 0 saturated carbocycles. The molecule has 4 fully saturated rings. The first kappa shape index (κ1) is 86.0. The summed E-state index contributed by atoms with van der Waals surface area (Å²) in [6, 6.07) is 11.0. The molecule has 0 unspecified atom stereocenters. The number of rotatable bonds is 10. The van der Waals surface area contributed by atoms with Gasteiger partial charge in [-0.1, -0.05) is 106 Å². The van der Waals surface area contributed by atoms with Crippen molar-refractivity contribution in [3.63, 3.8) is 0 Å². The lowest BCUT2D eigenvalue weighted by Gasteiger charge is -2.41. The number of esters is 2. The standard InChI is InChI=1S/C50H63N9O10.C28H38FN3O6.2H2O/c1-6-36-47(64)58-23-11-14-38(58)48(65)56(5)39(28-32-16-19-35(20-17-32)55(3)4)49(66)59-30-33(29-57-24-26-68-27-25-57)18-21-37(59)44(61)54-42(34-12-8-7-9-13-34)50(67)69-31(2)41(45(62)52-36)53-46(63)43-40(60)15-10-22-51-43;1-17(2)26-19(4)7-8-24(34)30-10-5-6-18(3)12-22(33)13-21(29)14-25-31-23(16-37-25)27(35)32-11-9-20(15-32)28(36)38-26;;/h7-10,12-13,15-20,22,31,36-39,41-42,60H,6,11,14,21,23-30H2,1-5H3,(H,52,62)(H,53,63)(H,54,61);5-8,12,16-17,19-22,26,33H,9-11,13-15H2,1-4H3,(H,30,34);2*1H2/b;6-5+,8-7+,18-12+;;/t31-,36-,37+,38+,39+,41+,42+;19-,20+,21-,22-,26-;;/m11../s1. The molecule has 12 atom stereocenters. The predicted octanol–water partition coefficient (Wildman–Crippen LogP) is 3.08. The summed E-state index contributed by atoms with van der Waals surface area (Å²) < 4.78 is 37.3. The number of pyridine rings is 1. The molecule has 8 amide bonds. The molecule has 30 nitrogen and oxygen atoms in total. The average Bonchev–Trinajstić information content (AvgIpc) is 1.66. The van der Waals surface area contributed by atoms with Crippen LogP contribution in [0.15, 0.2) is 131 Å². The number of cyclic esters (lactones) is 2. The van der Waals surface area contributed by atoms with Crippen molar-refractivity contribution in [2.75, 3.05) is 91.6 Å². The van der Waals surface area contributed by atoms with Crippen molar-refractivity contribution < 1.29 is 92.1 Å². The molecule has 4 bridgehead atoms. The number of aromatic hydroxyl groups is 1. The van der Waals surface area contributed by atoms with Crippen LogP contribution in [0.4, 0.5) is 10.1 Å². The zero-order valence-corrected chi connectivity index (χ0v) is 63.3. The number of hydrogen-bond acceptors (Lipinski definition) is 20. The smallest absolute Gasteiger partial charge is 0.333 e. The maximum Gasteiger partial charge on any atom is 0.333 e. The number of fused-ring (bicyclic) bond motifs is 6. The van der Waals surface area contributed by atoms with Crippen molar-refractivity contribution in [3.05, 3.63) is 155 Å². The normalized spacial score (nSPS) is 27.4. The Bertz CT molecular complexity index is 3940. The number of carbonyl (C=O) groups is 10. The molecule has 109 heavy (non-hydrogen) atoms. The zero-order chi connectivity index (χ0) is 77.2. The Morgan fingerprint density at radius 2 is 1.56 bits per heavy atom. The highest BCUT2D eigenvalue weighted by atomic mass is 19.1. The number of anilines is 1. The van der Waals surface area contributed by atoms with Gasteiger partial charge in [0.15, 0.2) is 23.3 Å². The number of benzene rings is 2. The summed E-state index contributed by atoms with van der Waals surface area (Å²) in [5, 5.41) is 31.6. The van der Waals surface area contributed by atoms with Gasteiger partial charge in [-0.15, -0.1) is 0 Å². The maximum absolute atomic E-state index is 15.5.